The van der Waals surface area contributed by atoms with Crippen LogP contribution in [0.1, 0.15) is 12.8 Å². The van der Waals surface area contributed by atoms with E-state index in [1.165, 1.54) is 19.2 Å². The van der Waals surface area contributed by atoms with E-state index in [0.29, 0.717) is 6.54 Å². The Morgan fingerprint density at radius 3 is 2.80 bits per heavy atom. The first-order valence-electron chi connectivity index (χ1n) is 6.53. The highest BCUT2D eigenvalue weighted by Crippen LogP contribution is 2.30. The van der Waals surface area contributed by atoms with E-state index in [9.17, 15) is 10.1 Å². The van der Waals surface area contributed by atoms with Crippen molar-refractivity contribution >= 4 is 17.3 Å². The number of nitrogens with two attached hydrogens (primary N) is 1. The van der Waals surface area contributed by atoms with E-state index in [-0.39, 0.29) is 17.3 Å². The number of likely N-dealkylation sites (N-methyl/N-ethyl adjacent to an activating group) is 1. The number of hydrogen-bond donors (Lipinski definition) is 2. The lowest BCUT2D eigenvalue weighted by Gasteiger charge is -2.22. The summed E-state index contributed by atoms with van der Waals surface area (Å²) in [4.78, 5) is 22.5. The van der Waals surface area contributed by atoms with Crippen LogP contribution in [-0.2, 0) is 0 Å². The molecule has 1 aliphatic rings. The van der Waals surface area contributed by atoms with E-state index in [2.05, 4.69) is 20.3 Å². The van der Waals surface area contributed by atoms with Crippen molar-refractivity contribution in [3.05, 3.63) is 16.4 Å². The Bertz CT molecular complexity index is 476. The maximum Gasteiger partial charge on any atom is 0.354 e. The summed E-state index contributed by atoms with van der Waals surface area (Å²) in [7, 11) is 1.78. The van der Waals surface area contributed by atoms with Crippen LogP contribution in [0.5, 0.6) is 0 Å². The molecule has 0 unspecified atom stereocenters. The van der Waals surface area contributed by atoms with Crippen molar-refractivity contribution in [2.75, 3.05) is 43.6 Å². The van der Waals surface area contributed by atoms with Crippen LogP contribution in [0, 0.1) is 10.1 Å². The van der Waals surface area contributed by atoms with Gasteiger partial charge in [-0.2, -0.15) is 0 Å². The molecule has 20 heavy (non-hydrogen) atoms. The highest BCUT2D eigenvalue weighted by Gasteiger charge is 2.25. The van der Waals surface area contributed by atoms with Crippen LogP contribution in [0.4, 0.5) is 17.3 Å². The molecule has 1 aliphatic heterocycles. The van der Waals surface area contributed by atoms with Gasteiger partial charge in [0.1, 0.15) is 6.33 Å². The molecular weight excluding hydrogens is 262 g/mol. The molecular formula is C11H19N7O2. The van der Waals surface area contributed by atoms with Crippen molar-refractivity contribution in [3.63, 3.8) is 0 Å². The summed E-state index contributed by atoms with van der Waals surface area (Å²) in [5.41, 5.74) is 2.04. The largest absolute Gasteiger partial charge is 0.354 e. The number of hydrogen-bond acceptors (Lipinski definition) is 8. The first kappa shape index (κ1) is 14.4. The van der Waals surface area contributed by atoms with E-state index in [1.807, 2.05) is 0 Å². The summed E-state index contributed by atoms with van der Waals surface area (Å²) in [6, 6.07) is 0. The highest BCUT2D eigenvalue weighted by molar-refractivity contribution is 5.69. The number of hydrazine groups is 1. The van der Waals surface area contributed by atoms with Gasteiger partial charge in [0.25, 0.3) is 0 Å². The van der Waals surface area contributed by atoms with Gasteiger partial charge >= 0.3 is 5.69 Å². The predicted molar refractivity (Wildman–Crippen MR) is 75.4 cm³/mol. The number of nitro groups is 1. The quantitative estimate of drug-likeness (QED) is 0.432. The molecule has 0 saturated carbocycles. The number of likely N-dealkylation sites (tertiary alicyclic amines) is 1. The SMILES string of the molecule is CN(CCN1CCCC1)c1ncnc(NN)c1[N+](=O)[O-]. The Balaban J connectivity index is 2.11. The topological polar surface area (TPSA) is 113 Å². The summed E-state index contributed by atoms with van der Waals surface area (Å²) >= 11 is 0. The van der Waals surface area contributed by atoms with Gasteiger partial charge in [-0.25, -0.2) is 15.8 Å². The molecule has 0 aromatic carbocycles. The van der Waals surface area contributed by atoms with Gasteiger partial charge in [-0.1, -0.05) is 0 Å². The van der Waals surface area contributed by atoms with Crippen molar-refractivity contribution in [2.45, 2.75) is 12.8 Å². The zero-order valence-corrected chi connectivity index (χ0v) is 11.4. The summed E-state index contributed by atoms with van der Waals surface area (Å²) in [5.74, 6) is 5.56. The standard InChI is InChI=1S/C11H19N7O2/c1-16(6-7-17-4-2-3-5-17)11-9(18(19)20)10(15-12)13-8-14-11/h8H,2-7,12H2,1H3,(H,13,14,15). The van der Waals surface area contributed by atoms with Crippen LogP contribution in [0.3, 0.4) is 0 Å². The van der Waals surface area contributed by atoms with Gasteiger partial charge in [0.2, 0.25) is 11.6 Å². The number of nitrogens with zero attached hydrogens (tertiary/aromatic N) is 5. The second-order valence-electron chi connectivity index (χ2n) is 4.77. The van der Waals surface area contributed by atoms with Crippen molar-refractivity contribution in [1.29, 1.82) is 0 Å². The van der Waals surface area contributed by atoms with Crippen molar-refractivity contribution < 1.29 is 4.92 Å². The van der Waals surface area contributed by atoms with Gasteiger partial charge in [0.15, 0.2) is 0 Å². The molecule has 0 bridgehead atoms. The number of nitrogen functional groups attached to an aromatic ring is 1. The molecule has 0 amide bonds. The number of anilines is 2. The molecule has 0 atom stereocenters. The van der Waals surface area contributed by atoms with Gasteiger partial charge in [-0.15, -0.1) is 0 Å². The zero-order chi connectivity index (χ0) is 14.5. The smallest absolute Gasteiger partial charge is 0.352 e. The van der Waals surface area contributed by atoms with Gasteiger partial charge in [0.05, 0.1) is 4.92 Å². The van der Waals surface area contributed by atoms with Crippen molar-refractivity contribution in [2.24, 2.45) is 5.84 Å². The number of rotatable bonds is 6. The van der Waals surface area contributed by atoms with Gasteiger partial charge in [-0.3, -0.25) is 10.1 Å². The van der Waals surface area contributed by atoms with Gasteiger partial charge in [0, 0.05) is 20.1 Å². The van der Waals surface area contributed by atoms with Crippen LogP contribution in [0.2, 0.25) is 0 Å². The average Bonchev–Trinajstić information content (AvgIpc) is 2.96. The zero-order valence-electron chi connectivity index (χ0n) is 11.4. The Morgan fingerprint density at radius 2 is 2.20 bits per heavy atom. The van der Waals surface area contributed by atoms with Crippen molar-refractivity contribution in [1.82, 2.24) is 14.9 Å². The lowest BCUT2D eigenvalue weighted by atomic mass is 10.4. The second kappa shape index (κ2) is 6.44. The monoisotopic (exact) mass is 281 g/mol. The van der Waals surface area contributed by atoms with Crippen LogP contribution in [0.25, 0.3) is 0 Å². The number of nitrogens with one attached hydrogen (secondary N) is 1. The molecule has 1 saturated heterocycles. The lowest BCUT2D eigenvalue weighted by Crippen LogP contribution is -2.32. The van der Waals surface area contributed by atoms with E-state index in [1.54, 1.807) is 11.9 Å². The van der Waals surface area contributed by atoms with Gasteiger partial charge < -0.3 is 15.2 Å². The third-order valence-electron chi connectivity index (χ3n) is 3.43. The maximum atomic E-state index is 11.2. The predicted octanol–water partition coefficient (Wildman–Crippen LogP) is 0.202. The Morgan fingerprint density at radius 1 is 1.50 bits per heavy atom. The van der Waals surface area contributed by atoms with E-state index in [4.69, 9.17) is 5.84 Å². The average molecular weight is 281 g/mol. The summed E-state index contributed by atoms with van der Waals surface area (Å²) in [5, 5.41) is 11.2. The molecule has 0 radical (unpaired) electrons. The minimum atomic E-state index is -0.517. The fourth-order valence-electron chi connectivity index (χ4n) is 2.33. The molecule has 3 N–H and O–H groups in total. The molecule has 1 fully saturated rings. The molecule has 9 heteroatoms. The van der Waals surface area contributed by atoms with E-state index >= 15 is 0 Å². The fourth-order valence-corrected chi connectivity index (χ4v) is 2.33. The van der Waals surface area contributed by atoms with Crippen molar-refractivity contribution in [3.8, 4) is 0 Å². The molecule has 110 valence electrons. The lowest BCUT2D eigenvalue weighted by molar-refractivity contribution is -0.383. The molecule has 2 rings (SSSR count). The Hall–Kier alpha value is -2.00. The normalized spacial score (nSPS) is 15.3. The molecule has 1 aromatic heterocycles. The molecule has 0 spiro atoms. The molecule has 0 aliphatic carbocycles. The van der Waals surface area contributed by atoms with Crippen LogP contribution < -0.4 is 16.2 Å². The summed E-state index contributed by atoms with van der Waals surface area (Å²) in [6.45, 7) is 3.72. The third-order valence-corrected chi connectivity index (χ3v) is 3.43. The maximum absolute atomic E-state index is 11.2. The fraction of sp³-hybridized carbons (Fsp3) is 0.636. The molecule has 1 aromatic rings. The molecule has 2 heterocycles. The summed E-state index contributed by atoms with van der Waals surface area (Å²) in [6.07, 6.45) is 3.71. The highest BCUT2D eigenvalue weighted by atomic mass is 16.6. The summed E-state index contributed by atoms with van der Waals surface area (Å²) < 4.78 is 0. The van der Waals surface area contributed by atoms with E-state index < -0.39 is 4.92 Å². The van der Waals surface area contributed by atoms with E-state index in [0.717, 1.165) is 19.6 Å². The van der Waals surface area contributed by atoms with Crippen LogP contribution in [0.15, 0.2) is 6.33 Å². The first-order valence-corrected chi connectivity index (χ1v) is 6.53. The first-order chi connectivity index (χ1) is 9.63. The minimum Gasteiger partial charge on any atom is -0.352 e. The minimum absolute atomic E-state index is 0.0213. The second-order valence-corrected chi connectivity index (χ2v) is 4.77. The molecule has 9 nitrogen and oxygen atoms in total. The third kappa shape index (κ3) is 3.11. The van der Waals surface area contributed by atoms with Crippen LogP contribution in [-0.4, -0.2) is 53.0 Å². The number of aromatic nitrogens is 2. The van der Waals surface area contributed by atoms with Gasteiger partial charge in [-0.05, 0) is 25.9 Å². The Kier molecular flexibility index (Phi) is 4.64. The Labute approximate surface area is 116 Å². The van der Waals surface area contributed by atoms with Crippen LogP contribution >= 0.6 is 0 Å².